The molecule has 100 valence electrons. The van der Waals surface area contributed by atoms with E-state index < -0.39 is 0 Å². The number of hydrogen-bond acceptors (Lipinski definition) is 4. The van der Waals surface area contributed by atoms with Crippen LogP contribution < -0.4 is 16.0 Å². The maximum Gasteiger partial charge on any atom is 0.250 e. The van der Waals surface area contributed by atoms with Crippen molar-refractivity contribution in [3.63, 3.8) is 0 Å². The Hall–Kier alpha value is -1.30. The number of anilines is 2. The Balaban J connectivity index is 2.72. The number of benzene rings is 1. The minimum atomic E-state index is -0.228. The van der Waals surface area contributed by atoms with Gasteiger partial charge in [-0.05, 0) is 12.1 Å². The van der Waals surface area contributed by atoms with Crippen LogP contribution in [-0.4, -0.2) is 39.8 Å². The van der Waals surface area contributed by atoms with E-state index in [9.17, 15) is 4.79 Å². The molecule has 0 unspecified atom stereocenters. The van der Waals surface area contributed by atoms with Gasteiger partial charge in [-0.3, -0.25) is 4.79 Å². The minimum absolute atomic E-state index is 0.0173. The van der Waals surface area contributed by atoms with Crippen molar-refractivity contribution >= 4 is 28.9 Å². The zero-order chi connectivity index (χ0) is 13.5. The first-order valence-corrected chi connectivity index (χ1v) is 5.97. The molecule has 0 aromatic heterocycles. The largest absolute Gasteiger partial charge is 0.375 e. The van der Waals surface area contributed by atoms with Gasteiger partial charge in [-0.15, -0.1) is 0 Å². The number of nitrogens with zero attached hydrogens (tertiary/aromatic N) is 1. The summed E-state index contributed by atoms with van der Waals surface area (Å²) in [5.74, 6) is -0.228. The Bertz CT molecular complexity index is 410. The van der Waals surface area contributed by atoms with Crippen molar-refractivity contribution in [2.45, 2.75) is 0 Å². The maximum absolute atomic E-state index is 11.6. The van der Waals surface area contributed by atoms with E-state index >= 15 is 0 Å². The van der Waals surface area contributed by atoms with Gasteiger partial charge in [0, 0.05) is 20.6 Å². The van der Waals surface area contributed by atoms with Crippen LogP contribution in [0.1, 0.15) is 0 Å². The van der Waals surface area contributed by atoms with E-state index in [0.717, 1.165) is 5.69 Å². The normalized spacial score (nSPS) is 10.2. The summed E-state index contributed by atoms with van der Waals surface area (Å²) in [6.45, 7) is 0.744. The Morgan fingerprint density at radius 2 is 2.22 bits per heavy atom. The highest BCUT2D eigenvalue weighted by molar-refractivity contribution is 6.34. The average Bonchev–Trinajstić information content (AvgIpc) is 2.28. The second kappa shape index (κ2) is 7.20. The van der Waals surface area contributed by atoms with Gasteiger partial charge in [0.2, 0.25) is 5.91 Å². The van der Waals surface area contributed by atoms with Crippen molar-refractivity contribution in [1.82, 2.24) is 0 Å². The smallest absolute Gasteiger partial charge is 0.250 e. The Kier molecular flexibility index (Phi) is 5.91. The fraction of sp³-hybridized carbons (Fsp3) is 0.417. The third kappa shape index (κ3) is 4.18. The van der Waals surface area contributed by atoms with Crippen LogP contribution >= 0.6 is 11.6 Å². The first-order chi connectivity index (χ1) is 8.56. The third-order valence-electron chi connectivity index (χ3n) is 2.20. The quantitative estimate of drug-likeness (QED) is 0.766. The van der Waals surface area contributed by atoms with E-state index in [1.165, 1.54) is 0 Å². The fourth-order valence-corrected chi connectivity index (χ4v) is 1.85. The number of carbonyl (C=O) groups excluding carboxylic acids is 1. The number of carbonyl (C=O) groups is 1. The van der Waals surface area contributed by atoms with Gasteiger partial charge in [-0.2, -0.15) is 0 Å². The van der Waals surface area contributed by atoms with Crippen LogP contribution in [0.2, 0.25) is 5.02 Å². The van der Waals surface area contributed by atoms with Gasteiger partial charge in [0.05, 0.1) is 23.0 Å². The molecule has 1 amide bonds. The van der Waals surface area contributed by atoms with Crippen LogP contribution in [0.25, 0.3) is 0 Å². The first-order valence-electron chi connectivity index (χ1n) is 5.59. The molecule has 5 nitrogen and oxygen atoms in total. The molecule has 0 radical (unpaired) electrons. The summed E-state index contributed by atoms with van der Waals surface area (Å²) < 4.78 is 5.06. The van der Waals surface area contributed by atoms with Crippen LogP contribution in [-0.2, 0) is 9.53 Å². The number of ether oxygens (including phenoxy) is 1. The SMILES string of the molecule is CN(C)c1c(Cl)cccc1NC(=O)COCCN. The van der Waals surface area contributed by atoms with Crippen LogP contribution in [0, 0.1) is 0 Å². The van der Waals surface area contributed by atoms with Gasteiger partial charge in [0.15, 0.2) is 0 Å². The minimum Gasteiger partial charge on any atom is -0.375 e. The van der Waals surface area contributed by atoms with Crippen molar-refractivity contribution < 1.29 is 9.53 Å². The molecule has 0 bridgehead atoms. The van der Waals surface area contributed by atoms with Crippen LogP contribution in [0.5, 0.6) is 0 Å². The predicted molar refractivity (Wildman–Crippen MR) is 74.3 cm³/mol. The maximum atomic E-state index is 11.6. The first kappa shape index (κ1) is 14.8. The number of halogens is 1. The fourth-order valence-electron chi connectivity index (χ4n) is 1.51. The van der Waals surface area contributed by atoms with Crippen molar-refractivity contribution in [3.8, 4) is 0 Å². The summed E-state index contributed by atoms with van der Waals surface area (Å²) in [5.41, 5.74) is 6.70. The van der Waals surface area contributed by atoms with E-state index in [2.05, 4.69) is 5.32 Å². The number of para-hydroxylation sites is 1. The molecule has 1 rings (SSSR count). The van der Waals surface area contributed by atoms with Crippen molar-refractivity contribution in [1.29, 1.82) is 0 Å². The molecule has 0 aliphatic heterocycles. The van der Waals surface area contributed by atoms with Gasteiger partial charge in [-0.1, -0.05) is 17.7 Å². The van der Waals surface area contributed by atoms with Gasteiger partial charge in [-0.25, -0.2) is 0 Å². The molecule has 0 saturated heterocycles. The van der Waals surface area contributed by atoms with Crippen LogP contribution in [0.3, 0.4) is 0 Å². The van der Waals surface area contributed by atoms with E-state index in [1.54, 1.807) is 18.2 Å². The molecule has 0 aliphatic rings. The molecular weight excluding hydrogens is 254 g/mol. The lowest BCUT2D eigenvalue weighted by Gasteiger charge is -2.19. The Labute approximate surface area is 112 Å². The second-order valence-corrected chi connectivity index (χ2v) is 4.33. The predicted octanol–water partition coefficient (Wildman–Crippen LogP) is 1.32. The van der Waals surface area contributed by atoms with Crippen LogP contribution in [0.4, 0.5) is 11.4 Å². The lowest BCUT2D eigenvalue weighted by Crippen LogP contribution is -2.22. The molecule has 0 spiro atoms. The lowest BCUT2D eigenvalue weighted by molar-refractivity contribution is -0.120. The summed E-state index contributed by atoms with van der Waals surface area (Å²) >= 11 is 6.09. The van der Waals surface area contributed by atoms with Gasteiger partial charge < -0.3 is 20.7 Å². The summed E-state index contributed by atoms with van der Waals surface area (Å²) in [4.78, 5) is 13.5. The van der Waals surface area contributed by atoms with Crippen molar-refractivity contribution in [2.75, 3.05) is 44.1 Å². The van der Waals surface area contributed by atoms with E-state index in [1.807, 2.05) is 19.0 Å². The Morgan fingerprint density at radius 1 is 1.50 bits per heavy atom. The molecule has 0 heterocycles. The Morgan fingerprint density at radius 3 is 2.83 bits per heavy atom. The molecule has 3 N–H and O–H groups in total. The monoisotopic (exact) mass is 271 g/mol. The zero-order valence-electron chi connectivity index (χ0n) is 10.6. The van der Waals surface area contributed by atoms with Gasteiger partial charge in [0.1, 0.15) is 6.61 Å². The number of rotatable bonds is 6. The summed E-state index contributed by atoms with van der Waals surface area (Å²) in [6.07, 6.45) is 0. The number of nitrogens with one attached hydrogen (secondary N) is 1. The molecule has 18 heavy (non-hydrogen) atoms. The van der Waals surface area contributed by atoms with Crippen molar-refractivity contribution in [2.24, 2.45) is 5.73 Å². The number of nitrogens with two attached hydrogens (primary N) is 1. The summed E-state index contributed by atoms with van der Waals surface area (Å²) in [7, 11) is 3.73. The molecule has 0 atom stereocenters. The van der Waals surface area contributed by atoms with E-state index in [4.69, 9.17) is 22.1 Å². The highest BCUT2D eigenvalue weighted by atomic mass is 35.5. The molecule has 1 aromatic rings. The molecule has 0 aliphatic carbocycles. The van der Waals surface area contributed by atoms with Gasteiger partial charge in [0.25, 0.3) is 0 Å². The standard InChI is InChI=1S/C12H18ClN3O2/c1-16(2)12-9(13)4-3-5-10(12)15-11(17)8-18-7-6-14/h3-5H,6-8,14H2,1-2H3,(H,15,17). The topological polar surface area (TPSA) is 67.6 Å². The molecule has 1 aromatic carbocycles. The van der Waals surface area contributed by atoms with Gasteiger partial charge >= 0.3 is 0 Å². The number of amides is 1. The molecule has 0 saturated carbocycles. The second-order valence-electron chi connectivity index (χ2n) is 3.92. The van der Waals surface area contributed by atoms with Crippen LogP contribution in [0.15, 0.2) is 18.2 Å². The average molecular weight is 272 g/mol. The molecular formula is C12H18ClN3O2. The van der Waals surface area contributed by atoms with E-state index in [-0.39, 0.29) is 12.5 Å². The summed E-state index contributed by atoms with van der Waals surface area (Å²) in [5, 5.41) is 3.34. The van der Waals surface area contributed by atoms with E-state index in [0.29, 0.717) is 23.9 Å². The number of hydrogen-bond donors (Lipinski definition) is 2. The lowest BCUT2D eigenvalue weighted by atomic mass is 10.2. The third-order valence-corrected chi connectivity index (χ3v) is 2.51. The zero-order valence-corrected chi connectivity index (χ0v) is 11.3. The van der Waals surface area contributed by atoms with Crippen molar-refractivity contribution in [3.05, 3.63) is 23.2 Å². The molecule has 6 heteroatoms. The highest BCUT2D eigenvalue weighted by Gasteiger charge is 2.11. The highest BCUT2D eigenvalue weighted by Crippen LogP contribution is 2.32. The summed E-state index contributed by atoms with van der Waals surface area (Å²) in [6, 6.07) is 5.35. The molecule has 0 fully saturated rings.